The van der Waals surface area contributed by atoms with E-state index in [9.17, 15) is 18.0 Å². The molecule has 0 aliphatic carbocycles. The molecule has 0 spiro atoms. The molecule has 2 aromatic carbocycles. The Balaban J connectivity index is 1.88. The molecule has 0 fully saturated rings. The predicted octanol–water partition coefficient (Wildman–Crippen LogP) is 3.13. The zero-order valence-corrected chi connectivity index (χ0v) is 21.2. The molecule has 0 aromatic heterocycles. The zero-order valence-electron chi connectivity index (χ0n) is 20.4. The molecule has 9 heteroatoms. The van der Waals surface area contributed by atoms with Gasteiger partial charge in [0.05, 0.1) is 12.0 Å². The molecule has 0 heterocycles. The summed E-state index contributed by atoms with van der Waals surface area (Å²) >= 11 is 0. The van der Waals surface area contributed by atoms with E-state index in [0.29, 0.717) is 25.1 Å². The van der Waals surface area contributed by atoms with Crippen molar-refractivity contribution in [2.75, 3.05) is 13.7 Å². The minimum absolute atomic E-state index is 0.235. The molecule has 0 radical (unpaired) electrons. The minimum Gasteiger partial charge on any atom is -0.478 e. The van der Waals surface area contributed by atoms with E-state index in [1.807, 2.05) is 26.0 Å². The molecular weight excluding hydrogens is 456 g/mol. The number of amides is 1. The third-order valence-corrected chi connectivity index (χ3v) is 6.75. The fourth-order valence-electron chi connectivity index (χ4n) is 3.23. The summed E-state index contributed by atoms with van der Waals surface area (Å²) in [6.07, 6.45) is 1.21. The normalized spacial score (nSPS) is 12.6. The fraction of sp³-hybridized carbons (Fsp3) is 0.440. The molecule has 0 aliphatic rings. The lowest BCUT2D eigenvalue weighted by atomic mass is 10.1. The van der Waals surface area contributed by atoms with Gasteiger partial charge < -0.3 is 14.8 Å². The lowest BCUT2D eigenvalue weighted by Gasteiger charge is -2.25. The van der Waals surface area contributed by atoms with Gasteiger partial charge in [0.15, 0.2) is 5.60 Å². The second kappa shape index (κ2) is 12.0. The molecule has 0 saturated heterocycles. The van der Waals surface area contributed by atoms with Gasteiger partial charge in [0.2, 0.25) is 10.0 Å². The second-order valence-electron chi connectivity index (χ2n) is 8.73. The van der Waals surface area contributed by atoms with Crippen molar-refractivity contribution in [1.29, 1.82) is 0 Å². The van der Waals surface area contributed by atoms with Crippen LogP contribution in [-0.4, -0.2) is 45.6 Å². The van der Waals surface area contributed by atoms with E-state index in [1.54, 1.807) is 50.2 Å². The Labute approximate surface area is 202 Å². The molecule has 34 heavy (non-hydrogen) atoms. The van der Waals surface area contributed by atoms with Gasteiger partial charge in [0.25, 0.3) is 5.91 Å². The number of benzene rings is 2. The van der Waals surface area contributed by atoms with Gasteiger partial charge in [-0.1, -0.05) is 29.8 Å². The first-order valence-electron chi connectivity index (χ1n) is 11.1. The molecule has 0 aliphatic heterocycles. The molecular formula is C25H34N2O6S. The van der Waals surface area contributed by atoms with Crippen LogP contribution in [0.1, 0.15) is 44.7 Å². The van der Waals surface area contributed by atoms with E-state index in [2.05, 4.69) is 14.8 Å². The molecule has 8 nitrogen and oxygen atoms in total. The van der Waals surface area contributed by atoms with Crippen molar-refractivity contribution in [3.05, 3.63) is 59.7 Å². The van der Waals surface area contributed by atoms with E-state index in [4.69, 9.17) is 4.74 Å². The Morgan fingerprint density at radius 2 is 1.65 bits per heavy atom. The van der Waals surface area contributed by atoms with Crippen molar-refractivity contribution in [2.45, 2.75) is 63.5 Å². The van der Waals surface area contributed by atoms with Gasteiger partial charge in [-0.3, -0.25) is 9.59 Å². The monoisotopic (exact) mass is 490 g/mol. The highest BCUT2D eigenvalue weighted by molar-refractivity contribution is 7.89. The van der Waals surface area contributed by atoms with Crippen molar-refractivity contribution < 1.29 is 27.5 Å². The lowest BCUT2D eigenvalue weighted by molar-refractivity contribution is -0.141. The average molecular weight is 491 g/mol. The molecule has 2 N–H and O–H groups in total. The topological polar surface area (TPSA) is 111 Å². The van der Waals surface area contributed by atoms with E-state index in [0.717, 1.165) is 11.1 Å². The van der Waals surface area contributed by atoms with Gasteiger partial charge in [-0.15, -0.1) is 0 Å². The number of sulfonamides is 1. The van der Waals surface area contributed by atoms with Crippen molar-refractivity contribution >= 4 is 21.9 Å². The maximum atomic E-state index is 12.6. The number of ether oxygens (including phenoxy) is 2. The molecule has 1 amide bonds. The van der Waals surface area contributed by atoms with Gasteiger partial charge >= 0.3 is 5.97 Å². The number of hydrogen-bond acceptors (Lipinski definition) is 6. The molecule has 1 atom stereocenters. The first kappa shape index (κ1) is 27.3. The SMILES string of the molecule is COC(=O)CCCNC(=O)C(C)(C)Oc1ccc(C[C@@H](C)NS(=O)(=O)c2ccc(C)cc2)cc1. The number of carbonyl (C=O) groups is 2. The Kier molecular flexibility index (Phi) is 9.64. The van der Waals surface area contributed by atoms with Gasteiger partial charge in [0, 0.05) is 19.0 Å². The van der Waals surface area contributed by atoms with E-state index < -0.39 is 15.6 Å². The van der Waals surface area contributed by atoms with Crippen LogP contribution in [0.2, 0.25) is 0 Å². The highest BCUT2D eigenvalue weighted by Gasteiger charge is 2.29. The summed E-state index contributed by atoms with van der Waals surface area (Å²) in [6, 6.07) is 13.6. The van der Waals surface area contributed by atoms with Crippen LogP contribution >= 0.6 is 0 Å². The van der Waals surface area contributed by atoms with Gasteiger partial charge in [0.1, 0.15) is 5.75 Å². The summed E-state index contributed by atoms with van der Waals surface area (Å²) in [7, 11) is -2.27. The number of hydrogen-bond donors (Lipinski definition) is 2. The molecule has 0 unspecified atom stereocenters. The highest BCUT2D eigenvalue weighted by Crippen LogP contribution is 2.20. The fourth-order valence-corrected chi connectivity index (χ4v) is 4.47. The molecule has 0 saturated carbocycles. The van der Waals surface area contributed by atoms with E-state index in [1.165, 1.54) is 7.11 Å². The number of nitrogens with one attached hydrogen (secondary N) is 2. The van der Waals surface area contributed by atoms with Crippen molar-refractivity contribution in [3.63, 3.8) is 0 Å². The Hall–Kier alpha value is -2.91. The Morgan fingerprint density at radius 1 is 1.03 bits per heavy atom. The van der Waals surface area contributed by atoms with E-state index >= 15 is 0 Å². The van der Waals surface area contributed by atoms with Crippen molar-refractivity contribution in [3.8, 4) is 5.75 Å². The maximum absolute atomic E-state index is 12.6. The van der Waals surface area contributed by atoms with Crippen LogP contribution in [0.5, 0.6) is 5.75 Å². The van der Waals surface area contributed by atoms with Crippen LogP contribution in [-0.2, 0) is 30.8 Å². The number of rotatable bonds is 12. The third-order valence-electron chi connectivity index (χ3n) is 5.14. The zero-order chi connectivity index (χ0) is 25.4. The van der Waals surface area contributed by atoms with Crippen LogP contribution in [0.4, 0.5) is 0 Å². The molecule has 0 bridgehead atoms. The maximum Gasteiger partial charge on any atom is 0.305 e. The largest absolute Gasteiger partial charge is 0.478 e. The average Bonchev–Trinajstić information content (AvgIpc) is 2.77. The summed E-state index contributed by atoms with van der Waals surface area (Å²) in [5, 5.41) is 2.76. The summed E-state index contributed by atoms with van der Waals surface area (Å²) in [4.78, 5) is 23.8. The van der Waals surface area contributed by atoms with Crippen molar-refractivity contribution in [2.24, 2.45) is 0 Å². The number of esters is 1. The Morgan fingerprint density at radius 3 is 2.24 bits per heavy atom. The van der Waals surface area contributed by atoms with Crippen LogP contribution in [0.25, 0.3) is 0 Å². The predicted molar refractivity (Wildman–Crippen MR) is 130 cm³/mol. The summed E-state index contributed by atoms with van der Waals surface area (Å²) in [5.41, 5.74) is 0.814. The van der Waals surface area contributed by atoms with Crippen LogP contribution in [0, 0.1) is 6.92 Å². The standard InChI is InChI=1S/C25H34N2O6S/c1-18-8-14-22(15-9-18)34(30,31)27-19(2)17-20-10-12-21(13-11-20)33-25(3,4)24(29)26-16-6-7-23(28)32-5/h8-15,19,27H,6-7,16-17H2,1-5H3,(H,26,29)/t19-/m1/s1. The summed E-state index contributed by atoms with van der Waals surface area (Å²) in [5.74, 6) is -0.0888. The van der Waals surface area contributed by atoms with Crippen LogP contribution in [0.15, 0.2) is 53.4 Å². The molecule has 2 rings (SSSR count). The number of methoxy groups -OCH3 is 1. The smallest absolute Gasteiger partial charge is 0.305 e. The van der Waals surface area contributed by atoms with Crippen molar-refractivity contribution in [1.82, 2.24) is 10.0 Å². The summed E-state index contributed by atoms with van der Waals surface area (Å²) < 4.78 is 38.3. The van der Waals surface area contributed by atoms with Crippen LogP contribution < -0.4 is 14.8 Å². The minimum atomic E-state index is -3.60. The van der Waals surface area contributed by atoms with Gasteiger partial charge in [-0.2, -0.15) is 0 Å². The number of carbonyl (C=O) groups excluding carboxylic acids is 2. The van der Waals surface area contributed by atoms with Crippen LogP contribution in [0.3, 0.4) is 0 Å². The lowest BCUT2D eigenvalue weighted by Crippen LogP contribution is -2.46. The van der Waals surface area contributed by atoms with Gasteiger partial charge in [-0.05, 0) is 70.4 Å². The highest BCUT2D eigenvalue weighted by atomic mass is 32.2. The van der Waals surface area contributed by atoms with Gasteiger partial charge in [-0.25, -0.2) is 13.1 Å². The Bertz CT molecular complexity index is 1060. The first-order chi connectivity index (χ1) is 15.9. The quantitative estimate of drug-likeness (QED) is 0.349. The van der Waals surface area contributed by atoms with E-state index in [-0.39, 0.29) is 29.2 Å². The second-order valence-corrected chi connectivity index (χ2v) is 10.4. The first-order valence-corrected chi connectivity index (χ1v) is 12.6. The molecule has 186 valence electrons. The number of aryl methyl sites for hydroxylation is 1. The summed E-state index contributed by atoms with van der Waals surface area (Å²) in [6.45, 7) is 7.39. The molecule has 2 aromatic rings. The third kappa shape index (κ3) is 8.46.